The van der Waals surface area contributed by atoms with Gasteiger partial charge in [-0.25, -0.2) is 0 Å². The van der Waals surface area contributed by atoms with Crippen LogP contribution < -0.4 is 26.4 Å². The Morgan fingerprint density at radius 3 is 2.50 bits per heavy atom. The first-order valence-corrected chi connectivity index (χ1v) is 7.35. The molecule has 0 bridgehead atoms. The molecule has 0 saturated heterocycles. The molecular formula is C12H19N6O2S2+. The summed E-state index contributed by atoms with van der Waals surface area (Å²) < 4.78 is 0. The van der Waals surface area contributed by atoms with E-state index in [1.54, 1.807) is 18.2 Å². The number of nitrogens with zero attached hydrogens (tertiary/aromatic N) is 1. The molecule has 0 amide bonds. The normalized spacial score (nSPS) is 9.95. The maximum atomic E-state index is 10.9. The van der Waals surface area contributed by atoms with Crippen LogP contribution >= 0.6 is 24.4 Å². The zero-order valence-electron chi connectivity index (χ0n) is 12.3. The second kappa shape index (κ2) is 9.07. The minimum absolute atomic E-state index is 0.0543. The van der Waals surface area contributed by atoms with Crippen LogP contribution in [0.4, 0.5) is 11.4 Å². The first kappa shape index (κ1) is 18.0. The molecular weight excluding hydrogens is 324 g/mol. The highest BCUT2D eigenvalue weighted by molar-refractivity contribution is 7.80. The molecule has 0 aliphatic heterocycles. The molecule has 120 valence electrons. The van der Waals surface area contributed by atoms with E-state index in [0.717, 1.165) is 13.1 Å². The molecule has 0 aliphatic carbocycles. The number of hydrazine groups is 1. The van der Waals surface area contributed by atoms with Crippen LogP contribution in [0.5, 0.6) is 0 Å². The summed E-state index contributed by atoms with van der Waals surface area (Å²) >= 11 is 10.1. The Hall–Kier alpha value is -2.04. The van der Waals surface area contributed by atoms with Gasteiger partial charge in [-0.3, -0.25) is 21.0 Å². The van der Waals surface area contributed by atoms with Crippen LogP contribution in [0.15, 0.2) is 24.3 Å². The Balaban J connectivity index is 2.41. The highest BCUT2D eigenvalue weighted by Crippen LogP contribution is 2.22. The van der Waals surface area contributed by atoms with E-state index in [9.17, 15) is 10.1 Å². The molecule has 8 nitrogen and oxygen atoms in total. The molecule has 0 heterocycles. The van der Waals surface area contributed by atoms with Crippen molar-refractivity contribution in [1.82, 2.24) is 16.2 Å². The van der Waals surface area contributed by atoms with Gasteiger partial charge in [-0.15, -0.1) is 0 Å². The van der Waals surface area contributed by atoms with Crippen LogP contribution in [0, 0.1) is 10.1 Å². The molecule has 10 heteroatoms. The minimum atomic E-state index is -0.478. The highest BCUT2D eigenvalue weighted by atomic mass is 32.1. The number of nitro groups is 1. The lowest BCUT2D eigenvalue weighted by atomic mass is 10.3. The van der Waals surface area contributed by atoms with Gasteiger partial charge < -0.3 is 15.5 Å². The summed E-state index contributed by atoms with van der Waals surface area (Å²) in [5.41, 5.74) is 5.64. The van der Waals surface area contributed by atoms with Gasteiger partial charge in [0.1, 0.15) is 5.69 Å². The number of anilines is 1. The van der Waals surface area contributed by atoms with Crippen molar-refractivity contribution >= 4 is 46.0 Å². The van der Waals surface area contributed by atoms with Crippen LogP contribution in [-0.2, 0) is 0 Å². The van der Waals surface area contributed by atoms with Gasteiger partial charge in [-0.05, 0) is 30.5 Å². The van der Waals surface area contributed by atoms with Crippen LogP contribution in [0.3, 0.4) is 0 Å². The summed E-state index contributed by atoms with van der Waals surface area (Å²) in [6, 6.07) is 6.24. The summed E-state index contributed by atoms with van der Waals surface area (Å²) in [6.07, 6.45) is 0. The molecule has 0 fully saturated rings. The molecule has 0 aliphatic rings. The van der Waals surface area contributed by atoms with Crippen LogP contribution in [0.25, 0.3) is 0 Å². The Labute approximate surface area is 139 Å². The monoisotopic (exact) mass is 343 g/mol. The van der Waals surface area contributed by atoms with Crippen molar-refractivity contribution in [1.29, 1.82) is 0 Å². The number of hydrogen-bond donors (Lipinski definition) is 5. The summed E-state index contributed by atoms with van der Waals surface area (Å²) in [7, 11) is 4.09. The molecule has 5 N–H and O–H groups in total. The zero-order chi connectivity index (χ0) is 16.5. The average Bonchev–Trinajstić information content (AvgIpc) is 2.45. The molecule has 0 atom stereocenters. The molecule has 0 aromatic heterocycles. The van der Waals surface area contributed by atoms with Crippen LogP contribution in [0.1, 0.15) is 0 Å². The fourth-order valence-corrected chi connectivity index (χ4v) is 1.79. The van der Waals surface area contributed by atoms with Crippen molar-refractivity contribution in [3.63, 3.8) is 0 Å². The van der Waals surface area contributed by atoms with E-state index in [1.165, 1.54) is 11.0 Å². The van der Waals surface area contributed by atoms with Gasteiger partial charge in [-0.1, -0.05) is 12.1 Å². The van der Waals surface area contributed by atoms with E-state index in [0.29, 0.717) is 10.8 Å². The lowest BCUT2D eigenvalue weighted by Gasteiger charge is -2.14. The van der Waals surface area contributed by atoms with Gasteiger partial charge in [0.05, 0.1) is 32.1 Å². The van der Waals surface area contributed by atoms with E-state index in [-0.39, 0.29) is 10.8 Å². The zero-order valence-corrected chi connectivity index (χ0v) is 13.9. The first-order valence-electron chi connectivity index (χ1n) is 6.53. The Bertz CT molecular complexity index is 552. The third-order valence-corrected chi connectivity index (χ3v) is 3.00. The van der Waals surface area contributed by atoms with Crippen molar-refractivity contribution in [2.45, 2.75) is 0 Å². The quantitative estimate of drug-likeness (QED) is 0.275. The molecule has 0 radical (unpaired) electrons. The maximum Gasteiger partial charge on any atom is 0.292 e. The van der Waals surface area contributed by atoms with Gasteiger partial charge in [-0.2, -0.15) is 0 Å². The molecule has 22 heavy (non-hydrogen) atoms. The van der Waals surface area contributed by atoms with E-state index in [1.807, 2.05) is 14.1 Å². The van der Waals surface area contributed by atoms with Crippen molar-refractivity contribution in [2.75, 3.05) is 32.5 Å². The third kappa shape index (κ3) is 6.61. The predicted octanol–water partition coefficient (Wildman–Crippen LogP) is -0.595. The van der Waals surface area contributed by atoms with Gasteiger partial charge >= 0.3 is 0 Å². The van der Waals surface area contributed by atoms with E-state index in [2.05, 4.69) is 21.5 Å². The number of nitro benzene ring substituents is 1. The van der Waals surface area contributed by atoms with Crippen LogP contribution in [0.2, 0.25) is 0 Å². The lowest BCUT2D eigenvalue weighted by Crippen LogP contribution is -3.06. The number of quaternary nitrogens is 1. The molecule has 1 rings (SSSR count). The maximum absolute atomic E-state index is 10.9. The van der Waals surface area contributed by atoms with Gasteiger partial charge in [0.2, 0.25) is 0 Å². The number of hydrogen-bond acceptors (Lipinski definition) is 4. The Kier molecular flexibility index (Phi) is 7.43. The number of rotatable bonds is 5. The smallest absolute Gasteiger partial charge is 0.292 e. The van der Waals surface area contributed by atoms with Crippen molar-refractivity contribution in [3.05, 3.63) is 34.4 Å². The largest absolute Gasteiger partial charge is 0.356 e. The van der Waals surface area contributed by atoms with Crippen molar-refractivity contribution in [2.24, 2.45) is 0 Å². The number of thiocarbonyl (C=S) groups is 2. The number of benzene rings is 1. The van der Waals surface area contributed by atoms with Gasteiger partial charge in [0, 0.05) is 6.07 Å². The minimum Gasteiger partial charge on any atom is -0.356 e. The van der Waals surface area contributed by atoms with Crippen molar-refractivity contribution in [3.8, 4) is 0 Å². The van der Waals surface area contributed by atoms with Gasteiger partial charge in [0.25, 0.3) is 5.69 Å². The topological polar surface area (TPSA) is 95.7 Å². The van der Waals surface area contributed by atoms with Gasteiger partial charge in [0.15, 0.2) is 10.2 Å². The summed E-state index contributed by atoms with van der Waals surface area (Å²) in [5.74, 6) is 0. The van der Waals surface area contributed by atoms with Crippen LogP contribution in [-0.4, -0.2) is 42.3 Å². The summed E-state index contributed by atoms with van der Waals surface area (Å²) in [5, 5.41) is 17.2. The molecule has 1 aromatic rings. The lowest BCUT2D eigenvalue weighted by molar-refractivity contribution is -0.856. The highest BCUT2D eigenvalue weighted by Gasteiger charge is 2.13. The first-order chi connectivity index (χ1) is 10.4. The van der Waals surface area contributed by atoms with E-state index >= 15 is 0 Å². The van der Waals surface area contributed by atoms with Crippen molar-refractivity contribution < 1.29 is 9.82 Å². The molecule has 1 aromatic carbocycles. The standard InChI is InChI=1S/C12H18N6O2S2/c1-17(2)8-7-13-11(21)15-16-12(22)14-9-5-3-4-6-10(9)18(19)20/h3-6H,7-8H2,1-2H3,(H2,13,15,21)(H2,14,16,22)/p+1. The second-order valence-electron chi connectivity index (χ2n) is 4.69. The average molecular weight is 343 g/mol. The summed E-state index contributed by atoms with van der Waals surface area (Å²) in [6.45, 7) is 1.64. The second-order valence-corrected chi connectivity index (χ2v) is 5.51. The third-order valence-electron chi connectivity index (χ3n) is 2.55. The molecule has 0 saturated carbocycles. The number of para-hydroxylation sites is 2. The summed E-state index contributed by atoms with van der Waals surface area (Å²) in [4.78, 5) is 11.7. The Morgan fingerprint density at radius 1 is 1.23 bits per heavy atom. The van der Waals surface area contributed by atoms with E-state index in [4.69, 9.17) is 24.4 Å². The molecule has 0 spiro atoms. The SMILES string of the molecule is C[NH+](C)CCNC(=S)NNC(=S)Nc1ccccc1[N+](=O)[O-]. The number of nitrogens with one attached hydrogen (secondary N) is 5. The fourth-order valence-electron chi connectivity index (χ4n) is 1.48. The Morgan fingerprint density at radius 2 is 1.86 bits per heavy atom. The fraction of sp³-hybridized carbons (Fsp3) is 0.333. The van der Waals surface area contributed by atoms with E-state index < -0.39 is 4.92 Å². The number of likely N-dealkylation sites (N-methyl/N-ethyl adjacent to an activating group) is 1. The predicted molar refractivity (Wildman–Crippen MR) is 93.9 cm³/mol. The molecule has 0 unspecified atom stereocenters.